The van der Waals surface area contributed by atoms with Crippen molar-refractivity contribution >= 4 is 11.9 Å². The molecule has 7 nitrogen and oxygen atoms in total. The third-order valence-corrected chi connectivity index (χ3v) is 3.43. The highest BCUT2D eigenvalue weighted by molar-refractivity contribution is 5.84. The van der Waals surface area contributed by atoms with Crippen molar-refractivity contribution in [1.82, 2.24) is 0 Å². The van der Waals surface area contributed by atoms with Crippen LogP contribution in [0.5, 0.6) is 5.75 Å². The summed E-state index contributed by atoms with van der Waals surface area (Å²) in [5.74, 6) is -2.27. The molecule has 0 aliphatic heterocycles. The normalized spacial score (nSPS) is 13.0. The van der Waals surface area contributed by atoms with E-state index in [1.165, 1.54) is 0 Å². The van der Waals surface area contributed by atoms with Gasteiger partial charge in [-0.3, -0.25) is 4.79 Å². The Morgan fingerprint density at radius 2 is 1.60 bits per heavy atom. The summed E-state index contributed by atoms with van der Waals surface area (Å²) in [6.07, 6.45) is -1.63. The first-order chi connectivity index (χ1) is 12.0. The van der Waals surface area contributed by atoms with Crippen molar-refractivity contribution in [2.75, 3.05) is 0 Å². The summed E-state index contributed by atoms with van der Waals surface area (Å²) in [7, 11) is 0. The average molecular weight is 345 g/mol. The van der Waals surface area contributed by atoms with Crippen molar-refractivity contribution in [3.05, 3.63) is 65.7 Å². The molecule has 4 N–H and O–H groups in total. The zero-order chi connectivity index (χ0) is 18.2. The quantitative estimate of drug-likeness (QED) is 0.632. The topological polar surface area (TPSA) is 119 Å². The summed E-state index contributed by atoms with van der Waals surface area (Å²) in [5.41, 5.74) is 7.00. The summed E-state index contributed by atoms with van der Waals surface area (Å²) >= 11 is 0. The van der Waals surface area contributed by atoms with Crippen LogP contribution in [0.15, 0.2) is 54.6 Å². The molecule has 0 unspecified atom stereocenters. The van der Waals surface area contributed by atoms with E-state index in [1.807, 2.05) is 30.3 Å². The number of carboxylic acid groups (broad SMARTS) is 2. The van der Waals surface area contributed by atoms with E-state index in [2.05, 4.69) is 0 Å². The molecule has 0 bridgehead atoms. The lowest BCUT2D eigenvalue weighted by Crippen LogP contribution is -2.47. The SMILES string of the molecule is N[C@H](C(=O)O)[C@H](OCc1cccc(OCc2ccccc2)c1)C(=O)O. The smallest absolute Gasteiger partial charge is 0.335 e. The Hall–Kier alpha value is -2.90. The van der Waals surface area contributed by atoms with Crippen LogP contribution in [0, 0.1) is 0 Å². The molecule has 2 rings (SSSR count). The molecule has 0 aliphatic carbocycles. The molecule has 0 saturated carbocycles. The molecule has 0 amide bonds. The van der Waals surface area contributed by atoms with Crippen LogP contribution >= 0.6 is 0 Å². The van der Waals surface area contributed by atoms with Gasteiger partial charge in [0.1, 0.15) is 18.4 Å². The molecule has 2 aromatic rings. The van der Waals surface area contributed by atoms with Crippen molar-refractivity contribution < 1.29 is 29.3 Å². The summed E-state index contributed by atoms with van der Waals surface area (Å²) in [5, 5.41) is 17.9. The molecule has 0 aliphatic rings. The van der Waals surface area contributed by atoms with Gasteiger partial charge in [0.05, 0.1) is 6.61 Å². The molecule has 0 radical (unpaired) electrons. The number of hydrogen-bond donors (Lipinski definition) is 3. The first-order valence-corrected chi connectivity index (χ1v) is 7.56. The molecular formula is C18H19NO6. The number of nitrogens with two attached hydrogens (primary N) is 1. The fourth-order valence-electron chi connectivity index (χ4n) is 2.11. The number of aliphatic carboxylic acids is 2. The Labute approximate surface area is 144 Å². The van der Waals surface area contributed by atoms with Gasteiger partial charge in [-0.1, -0.05) is 42.5 Å². The van der Waals surface area contributed by atoms with Gasteiger partial charge in [-0.15, -0.1) is 0 Å². The molecule has 2 atom stereocenters. The van der Waals surface area contributed by atoms with E-state index in [1.54, 1.807) is 24.3 Å². The van der Waals surface area contributed by atoms with Crippen LogP contribution in [0.1, 0.15) is 11.1 Å². The van der Waals surface area contributed by atoms with Crippen molar-refractivity contribution in [3.8, 4) is 5.75 Å². The third kappa shape index (κ3) is 5.59. The van der Waals surface area contributed by atoms with E-state index in [0.717, 1.165) is 5.56 Å². The lowest BCUT2D eigenvalue weighted by atomic mass is 10.1. The van der Waals surface area contributed by atoms with Crippen LogP contribution in [0.25, 0.3) is 0 Å². The first kappa shape index (κ1) is 18.4. The zero-order valence-electron chi connectivity index (χ0n) is 13.4. The van der Waals surface area contributed by atoms with Crippen molar-refractivity contribution in [1.29, 1.82) is 0 Å². The lowest BCUT2D eigenvalue weighted by Gasteiger charge is -2.17. The molecule has 0 fully saturated rings. The lowest BCUT2D eigenvalue weighted by molar-refractivity contribution is -0.159. The van der Waals surface area contributed by atoms with Gasteiger partial charge in [-0.05, 0) is 23.3 Å². The molecule has 0 aromatic heterocycles. The maximum Gasteiger partial charge on any atom is 0.335 e. The van der Waals surface area contributed by atoms with E-state index in [9.17, 15) is 9.59 Å². The van der Waals surface area contributed by atoms with Crippen LogP contribution in [0.4, 0.5) is 0 Å². The summed E-state index contributed by atoms with van der Waals surface area (Å²) < 4.78 is 10.9. The minimum Gasteiger partial charge on any atom is -0.489 e. The number of rotatable bonds is 9. The van der Waals surface area contributed by atoms with E-state index >= 15 is 0 Å². The second-order valence-corrected chi connectivity index (χ2v) is 5.36. The van der Waals surface area contributed by atoms with Crippen LogP contribution in [-0.4, -0.2) is 34.3 Å². The van der Waals surface area contributed by atoms with Crippen molar-refractivity contribution in [2.24, 2.45) is 5.73 Å². The molecule has 0 spiro atoms. The molecular weight excluding hydrogens is 326 g/mol. The Morgan fingerprint density at radius 3 is 2.24 bits per heavy atom. The van der Waals surface area contributed by atoms with E-state index in [4.69, 9.17) is 25.4 Å². The summed E-state index contributed by atoms with van der Waals surface area (Å²) in [6, 6.07) is 14.9. The fraction of sp³-hybridized carbons (Fsp3) is 0.222. The standard InChI is InChI=1S/C18H19NO6/c19-15(17(20)21)16(18(22)23)25-11-13-7-4-8-14(9-13)24-10-12-5-2-1-3-6-12/h1-9,15-16H,10-11,19H2,(H,20,21)(H,22,23)/t15-,16-/m0/s1. The maximum absolute atomic E-state index is 11.1. The average Bonchev–Trinajstić information content (AvgIpc) is 2.61. The second kappa shape index (κ2) is 8.81. The molecule has 0 saturated heterocycles. The highest BCUT2D eigenvalue weighted by atomic mass is 16.5. The first-order valence-electron chi connectivity index (χ1n) is 7.56. The van der Waals surface area contributed by atoms with Gasteiger partial charge in [0.2, 0.25) is 0 Å². The van der Waals surface area contributed by atoms with Gasteiger partial charge in [0.15, 0.2) is 6.10 Å². The van der Waals surface area contributed by atoms with E-state index in [-0.39, 0.29) is 6.61 Å². The van der Waals surface area contributed by atoms with Crippen molar-refractivity contribution in [3.63, 3.8) is 0 Å². The van der Waals surface area contributed by atoms with E-state index < -0.39 is 24.1 Å². The van der Waals surface area contributed by atoms with Crippen LogP contribution < -0.4 is 10.5 Å². The number of benzene rings is 2. The predicted octanol–water partition coefficient (Wildman–Crippen LogP) is 1.65. The van der Waals surface area contributed by atoms with Gasteiger partial charge in [-0.2, -0.15) is 0 Å². The Balaban J connectivity index is 1.96. The summed E-state index contributed by atoms with van der Waals surface area (Å²) in [4.78, 5) is 21.9. The van der Waals surface area contributed by atoms with Crippen LogP contribution in [0.3, 0.4) is 0 Å². The van der Waals surface area contributed by atoms with Gasteiger partial charge in [-0.25, -0.2) is 4.79 Å². The predicted molar refractivity (Wildman–Crippen MR) is 89.0 cm³/mol. The Morgan fingerprint density at radius 1 is 0.920 bits per heavy atom. The van der Waals surface area contributed by atoms with Crippen LogP contribution in [0.2, 0.25) is 0 Å². The van der Waals surface area contributed by atoms with Crippen LogP contribution in [-0.2, 0) is 27.5 Å². The monoisotopic (exact) mass is 345 g/mol. The molecule has 7 heteroatoms. The highest BCUT2D eigenvalue weighted by Crippen LogP contribution is 2.17. The minimum atomic E-state index is -1.64. The number of carbonyl (C=O) groups is 2. The fourth-order valence-corrected chi connectivity index (χ4v) is 2.11. The van der Waals surface area contributed by atoms with Crippen molar-refractivity contribution in [2.45, 2.75) is 25.4 Å². The Kier molecular flexibility index (Phi) is 6.50. The molecule has 2 aromatic carbocycles. The molecule has 0 heterocycles. The maximum atomic E-state index is 11.1. The number of hydrogen-bond acceptors (Lipinski definition) is 5. The Bertz CT molecular complexity index is 719. The third-order valence-electron chi connectivity index (χ3n) is 3.43. The van der Waals surface area contributed by atoms with Gasteiger partial charge >= 0.3 is 11.9 Å². The number of carboxylic acids is 2. The van der Waals surface area contributed by atoms with Gasteiger partial charge < -0.3 is 25.4 Å². The zero-order valence-corrected chi connectivity index (χ0v) is 13.4. The van der Waals surface area contributed by atoms with Gasteiger partial charge in [0.25, 0.3) is 0 Å². The largest absolute Gasteiger partial charge is 0.489 e. The minimum absolute atomic E-state index is 0.0967. The number of ether oxygens (including phenoxy) is 2. The van der Waals surface area contributed by atoms with E-state index in [0.29, 0.717) is 17.9 Å². The molecule has 132 valence electrons. The second-order valence-electron chi connectivity index (χ2n) is 5.36. The summed E-state index contributed by atoms with van der Waals surface area (Å²) in [6.45, 7) is 0.299. The molecule has 25 heavy (non-hydrogen) atoms. The highest BCUT2D eigenvalue weighted by Gasteiger charge is 2.31. The van der Waals surface area contributed by atoms with Gasteiger partial charge in [0, 0.05) is 0 Å².